The quantitative estimate of drug-likeness (QED) is 0.375. The Morgan fingerprint density at radius 3 is 2.00 bits per heavy atom. The zero-order valence-corrected chi connectivity index (χ0v) is 8.81. The second kappa shape index (κ2) is 9.05. The second-order valence-corrected chi connectivity index (χ2v) is 1.23. The number of rotatable bonds is 0. The monoisotopic (exact) mass is 192 g/mol. The zero-order chi connectivity index (χ0) is 4.41. The van der Waals surface area contributed by atoms with Gasteiger partial charge in [0.15, 0.2) is 0 Å². The first kappa shape index (κ1) is 16.6. The van der Waals surface area contributed by atoms with Crippen LogP contribution in [0.5, 0.6) is 0 Å². The van der Waals surface area contributed by atoms with Crippen LogP contribution in [0.3, 0.4) is 0 Å². The minimum atomic E-state index is 0. The molecular formula is C4H6CaCl2N2. The van der Waals surface area contributed by atoms with Crippen LogP contribution in [0, 0.1) is 0 Å². The molecule has 0 fully saturated rings. The Bertz CT molecular complexity index is 120. The summed E-state index contributed by atoms with van der Waals surface area (Å²) in [4.78, 5) is 3.78. The van der Waals surface area contributed by atoms with Gasteiger partial charge in [0.05, 0.1) is 6.33 Å². The van der Waals surface area contributed by atoms with E-state index in [0.717, 1.165) is 0 Å². The molecule has 0 aromatic carbocycles. The average Bonchev–Trinajstić information content (AvgIpc) is 1.86. The van der Waals surface area contributed by atoms with E-state index in [4.69, 9.17) is 0 Å². The first-order valence-corrected chi connectivity index (χ1v) is 1.81. The van der Waals surface area contributed by atoms with Crippen LogP contribution < -0.4 is 24.8 Å². The smallest absolute Gasteiger partial charge is 1.00 e. The summed E-state index contributed by atoms with van der Waals surface area (Å²) in [6.07, 6.45) is 5.39. The number of aryl methyl sites for hydroxylation is 1. The van der Waals surface area contributed by atoms with Crippen LogP contribution in [-0.4, -0.2) is 47.3 Å². The molecule has 0 saturated carbocycles. The van der Waals surface area contributed by atoms with Gasteiger partial charge in [-0.05, 0) is 0 Å². The van der Waals surface area contributed by atoms with Gasteiger partial charge in [-0.15, -0.1) is 0 Å². The molecule has 0 spiro atoms. The summed E-state index contributed by atoms with van der Waals surface area (Å²) >= 11 is 0. The number of aromatic nitrogens is 2. The van der Waals surface area contributed by atoms with Gasteiger partial charge in [-0.3, -0.25) is 0 Å². The molecule has 0 unspecified atom stereocenters. The van der Waals surface area contributed by atoms with Crippen LogP contribution >= 0.6 is 0 Å². The van der Waals surface area contributed by atoms with Gasteiger partial charge < -0.3 is 29.4 Å². The third kappa shape index (κ3) is 6.94. The summed E-state index contributed by atoms with van der Waals surface area (Å²) in [7, 11) is 1.94. The largest absolute Gasteiger partial charge is 2.00 e. The predicted octanol–water partition coefficient (Wildman–Crippen LogP) is -5.95. The second-order valence-electron chi connectivity index (χ2n) is 1.23. The minimum absolute atomic E-state index is 0. The summed E-state index contributed by atoms with van der Waals surface area (Å²) in [6.45, 7) is 0. The van der Waals surface area contributed by atoms with Crippen molar-refractivity contribution in [3.63, 3.8) is 0 Å². The van der Waals surface area contributed by atoms with Crippen LogP contribution in [0.1, 0.15) is 0 Å². The van der Waals surface area contributed by atoms with E-state index in [1.54, 1.807) is 12.5 Å². The standard InChI is InChI=1S/C4H6N2.Ca.2ClH/c1-6-3-2-5-4-6;;;/h2-4H,1H3;;2*1H/q;+2;;/p-2. The molecule has 1 aromatic heterocycles. The fourth-order valence-corrected chi connectivity index (χ4v) is 0.326. The normalized spacial score (nSPS) is 5.89. The van der Waals surface area contributed by atoms with Crippen molar-refractivity contribution in [3.8, 4) is 0 Å². The third-order valence-corrected chi connectivity index (χ3v) is 0.637. The first-order chi connectivity index (χ1) is 2.89. The van der Waals surface area contributed by atoms with Crippen LogP contribution in [0.4, 0.5) is 0 Å². The molecule has 0 atom stereocenters. The molecule has 9 heavy (non-hydrogen) atoms. The molecule has 0 aliphatic rings. The Morgan fingerprint density at radius 1 is 1.33 bits per heavy atom. The van der Waals surface area contributed by atoms with Crippen molar-refractivity contribution >= 4 is 37.7 Å². The molecule has 0 saturated heterocycles. The molecule has 0 aliphatic carbocycles. The van der Waals surface area contributed by atoms with Crippen molar-refractivity contribution in [3.05, 3.63) is 18.7 Å². The van der Waals surface area contributed by atoms with Gasteiger partial charge in [0.2, 0.25) is 0 Å². The van der Waals surface area contributed by atoms with Crippen molar-refractivity contribution in [2.24, 2.45) is 7.05 Å². The van der Waals surface area contributed by atoms with Crippen molar-refractivity contribution in [2.75, 3.05) is 0 Å². The van der Waals surface area contributed by atoms with Gasteiger partial charge in [0.1, 0.15) is 0 Å². The summed E-state index contributed by atoms with van der Waals surface area (Å²) in [5.41, 5.74) is 0. The zero-order valence-electron chi connectivity index (χ0n) is 5.09. The van der Waals surface area contributed by atoms with Crippen LogP contribution in [0.15, 0.2) is 18.7 Å². The Morgan fingerprint density at radius 2 is 1.89 bits per heavy atom. The molecule has 0 aliphatic heterocycles. The molecule has 48 valence electrons. The van der Waals surface area contributed by atoms with Crippen LogP contribution in [0.25, 0.3) is 0 Å². The number of halogens is 2. The van der Waals surface area contributed by atoms with E-state index in [2.05, 4.69) is 4.98 Å². The minimum Gasteiger partial charge on any atom is -1.00 e. The summed E-state index contributed by atoms with van der Waals surface area (Å²) in [5, 5.41) is 0. The molecule has 1 rings (SSSR count). The molecule has 1 aromatic rings. The van der Waals surface area contributed by atoms with Gasteiger partial charge in [-0.25, -0.2) is 4.98 Å². The number of hydrogen-bond donors (Lipinski definition) is 0. The molecule has 2 nitrogen and oxygen atoms in total. The van der Waals surface area contributed by atoms with E-state index in [1.807, 2.05) is 17.8 Å². The molecule has 0 radical (unpaired) electrons. The van der Waals surface area contributed by atoms with Crippen molar-refractivity contribution in [2.45, 2.75) is 0 Å². The Kier molecular flexibility index (Phi) is 16.7. The van der Waals surface area contributed by atoms with Crippen molar-refractivity contribution in [1.29, 1.82) is 0 Å². The molecule has 1 heterocycles. The van der Waals surface area contributed by atoms with Crippen molar-refractivity contribution < 1.29 is 24.8 Å². The van der Waals surface area contributed by atoms with Crippen molar-refractivity contribution in [1.82, 2.24) is 9.55 Å². The van der Waals surface area contributed by atoms with Gasteiger partial charge in [0.25, 0.3) is 0 Å². The van der Waals surface area contributed by atoms with Crippen LogP contribution in [0.2, 0.25) is 0 Å². The molecule has 0 amide bonds. The Balaban J connectivity index is -0.000000120. The SMILES string of the molecule is Cn1ccnc1.[Ca+2].[Cl-].[Cl-]. The molecular weight excluding hydrogens is 187 g/mol. The van der Waals surface area contributed by atoms with Gasteiger partial charge in [-0.1, -0.05) is 0 Å². The van der Waals surface area contributed by atoms with E-state index in [1.165, 1.54) is 0 Å². The summed E-state index contributed by atoms with van der Waals surface area (Å²) in [5.74, 6) is 0. The fraction of sp³-hybridized carbons (Fsp3) is 0.250. The molecule has 0 bridgehead atoms. The first-order valence-electron chi connectivity index (χ1n) is 1.81. The Labute approximate surface area is 96.9 Å². The third-order valence-electron chi connectivity index (χ3n) is 0.637. The average molecular weight is 193 g/mol. The maximum absolute atomic E-state index is 3.78. The number of hydrogen-bond acceptors (Lipinski definition) is 1. The number of nitrogens with zero attached hydrogens (tertiary/aromatic N) is 2. The van der Waals surface area contributed by atoms with Gasteiger partial charge in [-0.2, -0.15) is 0 Å². The summed E-state index contributed by atoms with van der Waals surface area (Å²) in [6, 6.07) is 0. The maximum atomic E-state index is 3.78. The number of imidazole rings is 1. The Hall–Kier alpha value is 1.05. The molecule has 5 heteroatoms. The van der Waals surface area contributed by atoms with Crippen LogP contribution in [-0.2, 0) is 7.05 Å². The topological polar surface area (TPSA) is 17.8 Å². The summed E-state index contributed by atoms with van der Waals surface area (Å²) < 4.78 is 1.89. The fourth-order valence-electron chi connectivity index (χ4n) is 0.326. The predicted molar refractivity (Wildman–Crippen MR) is 29.0 cm³/mol. The van der Waals surface area contributed by atoms with Gasteiger partial charge in [0, 0.05) is 19.4 Å². The van der Waals surface area contributed by atoms with E-state index in [-0.39, 0.29) is 62.6 Å². The van der Waals surface area contributed by atoms with E-state index in [0.29, 0.717) is 0 Å². The van der Waals surface area contributed by atoms with E-state index in [9.17, 15) is 0 Å². The molecule has 0 N–H and O–H groups in total. The van der Waals surface area contributed by atoms with E-state index < -0.39 is 0 Å². The maximum Gasteiger partial charge on any atom is 2.00 e. The van der Waals surface area contributed by atoms with Gasteiger partial charge >= 0.3 is 37.7 Å². The van der Waals surface area contributed by atoms with E-state index >= 15 is 0 Å².